The van der Waals surface area contributed by atoms with E-state index in [-0.39, 0.29) is 98.4 Å². The molecule has 6 amide bonds. The van der Waals surface area contributed by atoms with Crippen LogP contribution in [0.1, 0.15) is 118 Å². The zero-order chi connectivity index (χ0) is 50.0. The average molecular weight is 953 g/mol. The minimum absolute atomic E-state index is 0.0557. The van der Waals surface area contributed by atoms with Crippen molar-refractivity contribution in [2.75, 3.05) is 43.4 Å². The van der Waals surface area contributed by atoms with Gasteiger partial charge >= 0.3 is 5.97 Å². The van der Waals surface area contributed by atoms with Crippen molar-refractivity contribution in [3.8, 4) is 0 Å². The number of benzene rings is 2. The number of hydrogen-bond donors (Lipinski definition) is 6. The molecule has 0 radical (unpaired) electrons. The molecule has 1 heterocycles. The minimum Gasteiger partial charge on any atom is -0.460 e. The zero-order valence-electron chi connectivity index (χ0n) is 41.1. The second-order valence-corrected chi connectivity index (χ2v) is 21.7. The van der Waals surface area contributed by atoms with Crippen LogP contribution in [0.15, 0.2) is 54.6 Å². The second-order valence-electron chi connectivity index (χ2n) is 20.6. The Morgan fingerprint density at radius 2 is 1.24 bits per heavy atom. The lowest BCUT2D eigenvalue weighted by Crippen LogP contribution is -2.59. The third kappa shape index (κ3) is 22.1. The zero-order valence-corrected chi connectivity index (χ0v) is 41.9. The molecule has 1 unspecified atom stereocenters. The van der Waals surface area contributed by atoms with Gasteiger partial charge in [-0.15, -0.1) is 0 Å². The predicted molar refractivity (Wildman–Crippen MR) is 260 cm³/mol. The molecule has 0 aromatic heterocycles. The molecular weight excluding hydrogens is 877 g/mol. The van der Waals surface area contributed by atoms with Gasteiger partial charge in [-0.05, 0) is 87.1 Å². The van der Waals surface area contributed by atoms with Crippen LogP contribution < -0.4 is 27.0 Å². The van der Waals surface area contributed by atoms with Crippen molar-refractivity contribution in [1.29, 1.82) is 0 Å². The molecule has 0 bridgehead atoms. The Kier molecular flexibility index (Phi) is 22.3. The molecular formula is C49H76N8O9S. The molecule has 1 aliphatic heterocycles. The molecule has 1 aliphatic rings. The van der Waals surface area contributed by atoms with E-state index in [4.69, 9.17) is 10.5 Å². The second kappa shape index (κ2) is 26.5. The first-order valence-electron chi connectivity index (χ1n) is 23.1. The number of anilines is 1. The Labute approximate surface area is 401 Å². The van der Waals surface area contributed by atoms with E-state index in [1.54, 1.807) is 54.8 Å². The normalized spacial score (nSPS) is 14.7. The number of amides is 6. The van der Waals surface area contributed by atoms with Gasteiger partial charge < -0.3 is 40.5 Å². The van der Waals surface area contributed by atoms with Crippen LogP contribution in [0.3, 0.4) is 0 Å². The summed E-state index contributed by atoms with van der Waals surface area (Å²) in [7, 11) is 0. The molecule has 17 nitrogen and oxygen atoms in total. The molecule has 7 N–H and O–H groups in total. The first-order chi connectivity index (χ1) is 31.3. The van der Waals surface area contributed by atoms with Crippen LogP contribution in [0.2, 0.25) is 0 Å². The standard InChI is InChI=1S/C49H76N8O9S/c1-47(2,3)24-21-40(59)55-31-56(41(60)22-25-48(4,5)6)33-57(32-55)42(61)23-27-67-30-39(58)53-38(28-34-14-11-10-12-15-34)44(63)54-37(16-13-26-51-46(50)65)43(62)52-36-19-17-35(18-20-36)29-66-45(64)49(7,8)9/h10-12,14-15,17-20,37-38,46,51,65H,13,16,21-33,50H2,1-9H3,(H,52,62)(H,53,58)(H,54,63)/t37-,38+,46?/m0/s1. The first-order valence-corrected chi connectivity index (χ1v) is 24.2. The monoisotopic (exact) mass is 953 g/mol. The number of esters is 1. The van der Waals surface area contributed by atoms with Crippen molar-refractivity contribution >= 4 is 58.9 Å². The van der Waals surface area contributed by atoms with Crippen molar-refractivity contribution in [1.82, 2.24) is 30.7 Å². The maximum Gasteiger partial charge on any atom is 0.311 e. The van der Waals surface area contributed by atoms with Crippen molar-refractivity contribution in [3.05, 3.63) is 65.7 Å². The Morgan fingerprint density at radius 1 is 0.701 bits per heavy atom. The maximum absolute atomic E-state index is 14.0. The highest BCUT2D eigenvalue weighted by molar-refractivity contribution is 7.99. The highest BCUT2D eigenvalue weighted by atomic mass is 32.2. The van der Waals surface area contributed by atoms with Gasteiger partial charge in [0.1, 0.15) is 18.7 Å². The average Bonchev–Trinajstić information content (AvgIpc) is 3.25. The fourth-order valence-electron chi connectivity index (χ4n) is 6.66. The van der Waals surface area contributed by atoms with E-state index in [1.165, 1.54) is 16.7 Å². The lowest BCUT2D eigenvalue weighted by molar-refractivity contribution is -0.159. The number of thioether (sulfide) groups is 1. The number of aliphatic hydroxyl groups is 1. The SMILES string of the molecule is CC(C)(C)CCC(=O)N1CN(C(=O)CCSCC(=O)N[C@H](Cc2ccccc2)C(=O)N[C@@H](CCCNC(N)O)C(=O)Nc2ccc(COC(=O)C(C)(C)C)cc2)CN(C(=O)CCC(C)(C)C)C1. The molecule has 67 heavy (non-hydrogen) atoms. The molecule has 0 aliphatic carbocycles. The third-order valence-electron chi connectivity index (χ3n) is 10.7. The summed E-state index contributed by atoms with van der Waals surface area (Å²) in [6, 6.07) is 13.8. The number of rotatable bonds is 23. The van der Waals surface area contributed by atoms with Crippen LogP contribution in [0.25, 0.3) is 0 Å². The van der Waals surface area contributed by atoms with Crippen molar-refractivity contribution in [2.45, 2.75) is 139 Å². The highest BCUT2D eigenvalue weighted by Gasteiger charge is 2.33. The minimum atomic E-state index is -1.26. The fraction of sp³-hybridized carbons (Fsp3) is 0.612. The lowest BCUT2D eigenvalue weighted by atomic mass is 9.90. The number of hydrogen-bond acceptors (Lipinski definition) is 12. The van der Waals surface area contributed by atoms with Crippen molar-refractivity contribution < 1.29 is 43.4 Å². The summed E-state index contributed by atoms with van der Waals surface area (Å²) in [6.07, 6.45) is 1.34. The Balaban J connectivity index is 1.66. The summed E-state index contributed by atoms with van der Waals surface area (Å²) in [5.74, 6) is -2.20. The first kappa shape index (κ1) is 56.3. The third-order valence-corrected chi connectivity index (χ3v) is 11.7. The fourth-order valence-corrected chi connectivity index (χ4v) is 7.39. The number of ether oxygens (including phenoxy) is 1. The summed E-state index contributed by atoms with van der Waals surface area (Å²) in [5.41, 5.74) is 6.59. The van der Waals surface area contributed by atoms with E-state index in [0.717, 1.165) is 11.1 Å². The number of carbonyl (C=O) groups excluding carboxylic acids is 7. The highest BCUT2D eigenvalue weighted by Crippen LogP contribution is 2.25. The molecule has 2 aromatic carbocycles. The summed E-state index contributed by atoms with van der Waals surface area (Å²) in [5, 5.41) is 20.6. The molecule has 2 aromatic rings. The number of carbonyl (C=O) groups is 7. The molecule has 18 heteroatoms. The number of nitrogens with two attached hydrogens (primary N) is 1. The van der Waals surface area contributed by atoms with Crippen LogP contribution in [0.4, 0.5) is 5.69 Å². The molecule has 1 fully saturated rings. The van der Waals surface area contributed by atoms with Crippen LogP contribution in [-0.4, -0.2) is 118 Å². The largest absolute Gasteiger partial charge is 0.460 e. The summed E-state index contributed by atoms with van der Waals surface area (Å²) < 4.78 is 5.39. The van der Waals surface area contributed by atoms with E-state index >= 15 is 0 Å². The maximum atomic E-state index is 14.0. The van der Waals surface area contributed by atoms with Crippen LogP contribution in [0.5, 0.6) is 0 Å². The Hall–Kier alpha value is -5.04. The van der Waals surface area contributed by atoms with Gasteiger partial charge in [-0.3, -0.25) is 44.6 Å². The summed E-state index contributed by atoms with van der Waals surface area (Å²) in [4.78, 5) is 98.3. The van der Waals surface area contributed by atoms with Gasteiger partial charge in [-0.2, -0.15) is 11.8 Å². The summed E-state index contributed by atoms with van der Waals surface area (Å²) in [6.45, 7) is 18.2. The Morgan fingerprint density at radius 3 is 1.75 bits per heavy atom. The topological polar surface area (TPSA) is 233 Å². The summed E-state index contributed by atoms with van der Waals surface area (Å²) >= 11 is 1.21. The van der Waals surface area contributed by atoms with Gasteiger partial charge in [0.2, 0.25) is 35.4 Å². The smallest absolute Gasteiger partial charge is 0.311 e. The number of nitrogens with zero attached hydrogens (tertiary/aromatic N) is 3. The van der Waals surface area contributed by atoms with E-state index < -0.39 is 41.6 Å². The van der Waals surface area contributed by atoms with Gasteiger partial charge in [-0.25, -0.2) is 0 Å². The van der Waals surface area contributed by atoms with E-state index in [1.807, 2.05) is 30.3 Å². The van der Waals surface area contributed by atoms with Crippen LogP contribution >= 0.6 is 11.8 Å². The predicted octanol–water partition coefficient (Wildman–Crippen LogP) is 4.68. The molecule has 0 spiro atoms. The molecule has 3 atom stereocenters. The molecule has 372 valence electrons. The van der Waals surface area contributed by atoms with Gasteiger partial charge in [0.15, 0.2) is 6.35 Å². The van der Waals surface area contributed by atoms with Crippen molar-refractivity contribution in [2.24, 2.45) is 22.0 Å². The van der Waals surface area contributed by atoms with Crippen molar-refractivity contribution in [3.63, 3.8) is 0 Å². The molecule has 0 saturated carbocycles. The van der Waals surface area contributed by atoms with E-state index in [0.29, 0.717) is 37.8 Å². The van der Waals surface area contributed by atoms with Crippen LogP contribution in [0, 0.1) is 16.2 Å². The number of aliphatic hydroxyl groups excluding tert-OH is 1. The lowest BCUT2D eigenvalue weighted by Gasteiger charge is -2.42. The van der Waals surface area contributed by atoms with Gasteiger partial charge in [0.25, 0.3) is 0 Å². The molecule has 3 rings (SSSR count). The van der Waals surface area contributed by atoms with E-state index in [2.05, 4.69) is 62.8 Å². The molecule has 1 saturated heterocycles. The van der Waals surface area contributed by atoms with Gasteiger partial charge in [0.05, 0.1) is 31.2 Å². The van der Waals surface area contributed by atoms with Gasteiger partial charge in [-0.1, -0.05) is 84.0 Å². The number of nitrogens with one attached hydrogen (secondary N) is 4. The van der Waals surface area contributed by atoms with Gasteiger partial charge in [0, 0.05) is 37.1 Å². The quantitative estimate of drug-likeness (QED) is 0.0507. The van der Waals surface area contributed by atoms with E-state index in [9.17, 15) is 38.7 Å². The Bertz CT molecular complexity index is 1910. The van der Waals surface area contributed by atoms with Crippen LogP contribution in [-0.2, 0) is 51.3 Å².